The smallest absolute Gasteiger partial charge is 0.321 e. The van der Waals surface area contributed by atoms with Crippen LogP contribution in [0.1, 0.15) is 24.4 Å². The molecule has 2 N–H and O–H groups in total. The molecule has 3 aromatic rings. The third kappa shape index (κ3) is 2.88. The van der Waals surface area contributed by atoms with Crippen LogP contribution in [0.5, 0.6) is 11.5 Å². The van der Waals surface area contributed by atoms with Crippen molar-refractivity contribution in [2.75, 3.05) is 25.2 Å². The summed E-state index contributed by atoms with van der Waals surface area (Å²) in [6, 6.07) is 5.02. The van der Waals surface area contributed by atoms with Crippen LogP contribution in [0.25, 0.3) is 16.7 Å². The first kappa shape index (κ1) is 18.2. The van der Waals surface area contributed by atoms with E-state index in [0.29, 0.717) is 58.5 Å². The summed E-state index contributed by atoms with van der Waals surface area (Å²) in [7, 11) is 0. The number of allylic oxidation sites excluding steroid dienone is 1. The molecule has 0 radical (unpaired) electrons. The molecular formula is C20H20N6O4. The van der Waals surface area contributed by atoms with Crippen LogP contribution >= 0.6 is 0 Å². The van der Waals surface area contributed by atoms with Gasteiger partial charge in [-0.3, -0.25) is 4.79 Å². The molecule has 0 bridgehead atoms. The Morgan fingerprint density at radius 1 is 1.30 bits per heavy atom. The van der Waals surface area contributed by atoms with E-state index in [1.165, 1.54) is 0 Å². The van der Waals surface area contributed by atoms with Crippen molar-refractivity contribution in [1.82, 2.24) is 24.6 Å². The number of urea groups is 1. The minimum atomic E-state index is -0.233. The molecule has 4 heterocycles. The van der Waals surface area contributed by atoms with Crippen molar-refractivity contribution < 1.29 is 14.3 Å². The summed E-state index contributed by atoms with van der Waals surface area (Å²) in [5.74, 6) is 1.75. The van der Waals surface area contributed by atoms with Gasteiger partial charge in [0, 0.05) is 30.5 Å². The van der Waals surface area contributed by atoms with Crippen molar-refractivity contribution in [2.24, 2.45) is 0 Å². The van der Waals surface area contributed by atoms with Gasteiger partial charge in [0.15, 0.2) is 17.1 Å². The minimum absolute atomic E-state index is 0.0571. The van der Waals surface area contributed by atoms with E-state index in [1.54, 1.807) is 41.6 Å². The number of rotatable bonds is 3. The van der Waals surface area contributed by atoms with Crippen LogP contribution in [0.2, 0.25) is 0 Å². The van der Waals surface area contributed by atoms with Crippen molar-refractivity contribution >= 4 is 28.4 Å². The Morgan fingerprint density at radius 2 is 2.07 bits per heavy atom. The van der Waals surface area contributed by atoms with Crippen molar-refractivity contribution in [3.63, 3.8) is 0 Å². The maximum atomic E-state index is 12.6. The molecule has 0 spiro atoms. The summed E-state index contributed by atoms with van der Waals surface area (Å²) < 4.78 is 12.2. The number of amides is 2. The molecule has 5 rings (SSSR count). The van der Waals surface area contributed by atoms with E-state index < -0.39 is 0 Å². The summed E-state index contributed by atoms with van der Waals surface area (Å²) in [6.45, 7) is 8.55. The number of likely N-dealkylation sites (tertiary alicyclic amines) is 1. The molecule has 0 atom stereocenters. The number of hydrogen-bond acceptors (Lipinski definition) is 6. The number of nitrogens with zero attached hydrogens (tertiary/aromatic N) is 4. The van der Waals surface area contributed by atoms with Gasteiger partial charge >= 0.3 is 6.03 Å². The molecule has 2 aliphatic rings. The summed E-state index contributed by atoms with van der Waals surface area (Å²) >= 11 is 0. The van der Waals surface area contributed by atoms with Gasteiger partial charge in [0.25, 0.3) is 5.56 Å². The normalized spacial score (nSPS) is 15.3. The number of nitrogens with one attached hydrogen (secondary N) is 2. The number of ether oxygens (including phenoxy) is 2. The highest BCUT2D eigenvalue weighted by atomic mass is 16.7. The quantitative estimate of drug-likeness (QED) is 0.687. The first-order chi connectivity index (χ1) is 14.4. The summed E-state index contributed by atoms with van der Waals surface area (Å²) in [6.07, 6.45) is 0. The maximum Gasteiger partial charge on any atom is 0.321 e. The average Bonchev–Trinajstić information content (AvgIpc) is 3.24. The van der Waals surface area contributed by atoms with Crippen molar-refractivity contribution in [2.45, 2.75) is 19.8 Å². The van der Waals surface area contributed by atoms with E-state index in [-0.39, 0.29) is 24.3 Å². The molecule has 10 heteroatoms. The fourth-order valence-corrected chi connectivity index (χ4v) is 3.66. The van der Waals surface area contributed by atoms with Gasteiger partial charge < -0.3 is 24.7 Å². The van der Waals surface area contributed by atoms with Gasteiger partial charge in [-0.2, -0.15) is 5.10 Å². The van der Waals surface area contributed by atoms with E-state index >= 15 is 0 Å². The molecule has 2 aliphatic heterocycles. The molecule has 1 saturated heterocycles. The number of carbonyl (C=O) groups excluding carboxylic acids is 1. The third-order valence-corrected chi connectivity index (χ3v) is 5.27. The number of anilines is 1. The maximum absolute atomic E-state index is 12.6. The average molecular weight is 408 g/mol. The predicted molar refractivity (Wildman–Crippen MR) is 110 cm³/mol. The van der Waals surface area contributed by atoms with E-state index in [1.807, 2.05) is 0 Å². The van der Waals surface area contributed by atoms with Crippen LogP contribution < -0.4 is 20.3 Å². The molecule has 0 unspecified atom stereocenters. The minimum Gasteiger partial charge on any atom is -0.454 e. The van der Waals surface area contributed by atoms with Gasteiger partial charge in [-0.15, -0.1) is 0 Å². The highest BCUT2D eigenvalue weighted by Gasteiger charge is 2.34. The number of H-pyrrole nitrogens is 1. The van der Waals surface area contributed by atoms with Gasteiger partial charge in [-0.1, -0.05) is 6.58 Å². The van der Waals surface area contributed by atoms with Crippen LogP contribution in [0.4, 0.5) is 10.5 Å². The van der Waals surface area contributed by atoms with Crippen LogP contribution in [0.3, 0.4) is 0 Å². The standard InChI is InChI=1S/C20H20N6O4/c1-10(2)26-18-16(11(3)24-26)19(27)23-17(22-18)12-7-25(8-12)20(28)21-13-4-5-14-15(6-13)30-9-29-14/h4-6,12H,1,7-9H2,2-3H3,(H,21,28)(H,22,23,27). The molecule has 1 aromatic carbocycles. The largest absolute Gasteiger partial charge is 0.454 e. The topological polar surface area (TPSA) is 114 Å². The summed E-state index contributed by atoms with van der Waals surface area (Å²) in [5, 5.41) is 7.65. The SMILES string of the molecule is C=C(C)n1nc(C)c2c(=O)[nH]c(C3CN(C(=O)Nc4ccc5c(c4)OCO5)C3)nc21. The lowest BCUT2D eigenvalue weighted by Crippen LogP contribution is -2.51. The van der Waals surface area contributed by atoms with E-state index in [9.17, 15) is 9.59 Å². The zero-order valence-electron chi connectivity index (χ0n) is 16.6. The van der Waals surface area contributed by atoms with Gasteiger partial charge in [0.05, 0.1) is 11.6 Å². The Kier molecular flexibility index (Phi) is 4.02. The number of fused-ring (bicyclic) bond motifs is 2. The fourth-order valence-electron chi connectivity index (χ4n) is 3.66. The molecule has 154 valence electrons. The Hall–Kier alpha value is -3.82. The van der Waals surface area contributed by atoms with Crippen LogP contribution in [0, 0.1) is 6.92 Å². The lowest BCUT2D eigenvalue weighted by atomic mass is 9.99. The van der Waals surface area contributed by atoms with Crippen molar-refractivity contribution in [3.8, 4) is 11.5 Å². The second kappa shape index (κ2) is 6.61. The monoisotopic (exact) mass is 408 g/mol. The fraction of sp³-hybridized carbons (Fsp3) is 0.300. The molecule has 30 heavy (non-hydrogen) atoms. The number of aryl methyl sites for hydroxylation is 1. The van der Waals surface area contributed by atoms with Gasteiger partial charge in [-0.05, 0) is 26.0 Å². The Bertz CT molecular complexity index is 1250. The van der Waals surface area contributed by atoms with E-state index in [2.05, 4.69) is 27.0 Å². The second-order valence-electron chi connectivity index (χ2n) is 7.48. The van der Waals surface area contributed by atoms with E-state index in [0.717, 1.165) is 0 Å². The summed E-state index contributed by atoms with van der Waals surface area (Å²) in [5.41, 5.74) is 2.16. The lowest BCUT2D eigenvalue weighted by Gasteiger charge is -2.38. The van der Waals surface area contributed by atoms with Crippen LogP contribution in [-0.2, 0) is 0 Å². The third-order valence-electron chi connectivity index (χ3n) is 5.27. The first-order valence-electron chi connectivity index (χ1n) is 9.51. The summed E-state index contributed by atoms with van der Waals surface area (Å²) in [4.78, 5) is 34.2. The van der Waals surface area contributed by atoms with Crippen molar-refractivity contribution in [1.29, 1.82) is 0 Å². The molecule has 1 fully saturated rings. The molecule has 2 amide bonds. The van der Waals surface area contributed by atoms with Crippen LogP contribution in [0.15, 0.2) is 29.6 Å². The first-order valence-corrected chi connectivity index (χ1v) is 9.51. The second-order valence-corrected chi connectivity index (χ2v) is 7.48. The molecule has 0 aliphatic carbocycles. The predicted octanol–water partition coefficient (Wildman–Crippen LogP) is 2.28. The zero-order chi connectivity index (χ0) is 21.0. The number of benzene rings is 1. The number of hydrogen-bond donors (Lipinski definition) is 2. The van der Waals surface area contributed by atoms with Gasteiger partial charge in [0.2, 0.25) is 6.79 Å². The zero-order valence-corrected chi connectivity index (χ0v) is 16.6. The number of carbonyl (C=O) groups is 1. The molecule has 10 nitrogen and oxygen atoms in total. The number of aromatic amines is 1. The Morgan fingerprint density at radius 3 is 2.83 bits per heavy atom. The lowest BCUT2D eigenvalue weighted by molar-refractivity contribution is 0.161. The van der Waals surface area contributed by atoms with Crippen molar-refractivity contribution in [3.05, 3.63) is 46.7 Å². The Labute approximate surface area is 171 Å². The van der Waals surface area contributed by atoms with Crippen LogP contribution in [-0.4, -0.2) is 50.6 Å². The Balaban J connectivity index is 1.31. The molecule has 0 saturated carbocycles. The highest BCUT2D eigenvalue weighted by Crippen LogP contribution is 2.34. The molecule has 2 aromatic heterocycles. The van der Waals surface area contributed by atoms with Gasteiger partial charge in [-0.25, -0.2) is 14.5 Å². The number of aromatic nitrogens is 4. The molecular weight excluding hydrogens is 388 g/mol. The highest BCUT2D eigenvalue weighted by molar-refractivity contribution is 5.90. The van der Waals surface area contributed by atoms with E-state index in [4.69, 9.17) is 9.47 Å². The van der Waals surface area contributed by atoms with Gasteiger partial charge in [0.1, 0.15) is 11.2 Å².